The van der Waals surface area contributed by atoms with Crippen LogP contribution in [0.15, 0.2) is 23.4 Å². The zero-order valence-electron chi connectivity index (χ0n) is 7.62. The number of nitrogens with zero attached hydrogens (tertiary/aromatic N) is 1. The van der Waals surface area contributed by atoms with Crippen LogP contribution >= 0.6 is 11.8 Å². The number of epoxide rings is 1. The molecule has 2 nitrogen and oxygen atoms in total. The number of thioether (sulfide) groups is 1. The summed E-state index contributed by atoms with van der Waals surface area (Å²) in [4.78, 5) is 3.73. The highest BCUT2D eigenvalue weighted by molar-refractivity contribution is 7.99. The van der Waals surface area contributed by atoms with Crippen LogP contribution in [0.4, 0.5) is 13.2 Å². The maximum absolute atomic E-state index is 12.2. The van der Waals surface area contributed by atoms with Crippen LogP contribution in [-0.2, 0) is 10.9 Å². The van der Waals surface area contributed by atoms with E-state index in [-0.39, 0.29) is 6.10 Å². The molecule has 0 aliphatic carbocycles. The molecule has 0 radical (unpaired) electrons. The summed E-state index contributed by atoms with van der Waals surface area (Å²) in [6, 6.07) is 2.43. The second-order valence-corrected chi connectivity index (χ2v) is 4.19. The summed E-state index contributed by atoms with van der Waals surface area (Å²) < 4.78 is 41.5. The number of alkyl halides is 3. The lowest BCUT2D eigenvalue weighted by molar-refractivity contribution is -0.137. The first kappa shape index (κ1) is 10.8. The van der Waals surface area contributed by atoms with E-state index in [1.807, 2.05) is 0 Å². The van der Waals surface area contributed by atoms with Gasteiger partial charge in [-0.1, -0.05) is 0 Å². The first-order valence-electron chi connectivity index (χ1n) is 4.33. The second kappa shape index (κ2) is 4.02. The summed E-state index contributed by atoms with van der Waals surface area (Å²) in [5, 5.41) is 0.596. The fourth-order valence-electron chi connectivity index (χ4n) is 0.976. The van der Waals surface area contributed by atoms with Crippen molar-refractivity contribution in [3.8, 4) is 0 Å². The zero-order chi connectivity index (χ0) is 10.9. The maximum Gasteiger partial charge on any atom is 0.417 e. The fourth-order valence-corrected chi connectivity index (χ4v) is 1.82. The third-order valence-electron chi connectivity index (χ3n) is 1.88. The quantitative estimate of drug-likeness (QED) is 0.594. The van der Waals surface area contributed by atoms with E-state index in [1.54, 1.807) is 0 Å². The normalized spacial score (nSPS) is 20.3. The SMILES string of the molecule is FC(F)(F)c1ccc(SCC2CO2)nc1. The molecular formula is C9H8F3NOS. The highest BCUT2D eigenvalue weighted by atomic mass is 32.2. The Kier molecular flexibility index (Phi) is 2.88. The molecule has 1 fully saturated rings. The minimum Gasteiger partial charge on any atom is -0.372 e. The number of hydrogen-bond donors (Lipinski definition) is 0. The van der Waals surface area contributed by atoms with Crippen LogP contribution in [0.25, 0.3) is 0 Å². The van der Waals surface area contributed by atoms with Gasteiger partial charge < -0.3 is 4.74 Å². The Hall–Kier alpha value is -0.750. The summed E-state index contributed by atoms with van der Waals surface area (Å²) in [6.07, 6.45) is -3.20. The Labute approximate surface area is 88.8 Å². The molecule has 15 heavy (non-hydrogen) atoms. The molecular weight excluding hydrogens is 227 g/mol. The van der Waals surface area contributed by atoms with Crippen molar-refractivity contribution in [2.75, 3.05) is 12.4 Å². The third-order valence-corrected chi connectivity index (χ3v) is 2.96. The second-order valence-electron chi connectivity index (χ2n) is 3.15. The summed E-state index contributed by atoms with van der Waals surface area (Å²) in [6.45, 7) is 0.744. The molecule has 1 unspecified atom stereocenters. The maximum atomic E-state index is 12.2. The molecule has 0 saturated carbocycles. The molecule has 1 saturated heterocycles. The fraction of sp³-hybridized carbons (Fsp3) is 0.444. The van der Waals surface area contributed by atoms with E-state index in [0.717, 1.165) is 24.6 Å². The van der Waals surface area contributed by atoms with E-state index < -0.39 is 11.7 Å². The molecule has 0 aromatic carbocycles. The summed E-state index contributed by atoms with van der Waals surface area (Å²) in [7, 11) is 0. The van der Waals surface area contributed by atoms with Crippen molar-refractivity contribution in [2.45, 2.75) is 17.3 Å². The van der Waals surface area contributed by atoms with Gasteiger partial charge in [-0.15, -0.1) is 11.8 Å². The van der Waals surface area contributed by atoms with Gasteiger partial charge in [-0.25, -0.2) is 4.98 Å². The van der Waals surface area contributed by atoms with Gasteiger partial charge in [-0.2, -0.15) is 13.2 Å². The molecule has 1 aromatic heterocycles. The molecule has 1 atom stereocenters. The van der Waals surface area contributed by atoms with Crippen LogP contribution in [0.3, 0.4) is 0 Å². The number of rotatable bonds is 3. The molecule has 0 bridgehead atoms. The number of aromatic nitrogens is 1. The Morgan fingerprint density at radius 2 is 2.20 bits per heavy atom. The van der Waals surface area contributed by atoms with Crippen LogP contribution in [0.1, 0.15) is 5.56 Å². The van der Waals surface area contributed by atoms with Gasteiger partial charge in [0.25, 0.3) is 0 Å². The first-order valence-corrected chi connectivity index (χ1v) is 5.32. The van der Waals surface area contributed by atoms with Crippen LogP contribution in [0.2, 0.25) is 0 Å². The van der Waals surface area contributed by atoms with Crippen molar-refractivity contribution >= 4 is 11.8 Å². The highest BCUT2D eigenvalue weighted by Crippen LogP contribution is 2.30. The molecule has 1 aromatic rings. The Balaban J connectivity index is 1.96. The van der Waals surface area contributed by atoms with Gasteiger partial charge in [0, 0.05) is 11.9 Å². The molecule has 1 aliphatic rings. The summed E-state index contributed by atoms with van der Waals surface area (Å²) >= 11 is 1.41. The average Bonchev–Trinajstić information content (AvgIpc) is 2.97. The standard InChI is InChI=1S/C9H8F3NOS/c10-9(11,12)6-1-2-8(13-3-6)15-5-7-4-14-7/h1-3,7H,4-5H2. The predicted molar refractivity (Wildman–Crippen MR) is 49.7 cm³/mol. The molecule has 6 heteroatoms. The minimum atomic E-state index is -4.31. The van der Waals surface area contributed by atoms with Gasteiger partial charge in [-0.3, -0.25) is 0 Å². The summed E-state index contributed by atoms with van der Waals surface area (Å²) in [5.74, 6) is 0.748. The minimum absolute atomic E-state index is 0.249. The first-order chi connectivity index (χ1) is 7.05. The van der Waals surface area contributed by atoms with Crippen molar-refractivity contribution < 1.29 is 17.9 Å². The molecule has 82 valence electrons. The van der Waals surface area contributed by atoms with Gasteiger partial charge in [-0.05, 0) is 12.1 Å². The van der Waals surface area contributed by atoms with Crippen molar-refractivity contribution in [3.05, 3.63) is 23.9 Å². The van der Waals surface area contributed by atoms with Crippen molar-refractivity contribution in [1.29, 1.82) is 0 Å². The van der Waals surface area contributed by atoms with Gasteiger partial charge in [0.05, 0.1) is 23.3 Å². The van der Waals surface area contributed by atoms with E-state index in [4.69, 9.17) is 4.74 Å². The predicted octanol–water partition coefficient (Wildman–Crippen LogP) is 2.59. The lowest BCUT2D eigenvalue weighted by Gasteiger charge is -2.06. The zero-order valence-corrected chi connectivity index (χ0v) is 8.44. The van der Waals surface area contributed by atoms with Gasteiger partial charge in [0.15, 0.2) is 0 Å². The molecule has 0 N–H and O–H groups in total. The molecule has 0 amide bonds. The highest BCUT2D eigenvalue weighted by Gasteiger charge is 2.30. The monoisotopic (exact) mass is 235 g/mol. The molecule has 0 spiro atoms. The molecule has 1 aliphatic heterocycles. The molecule has 2 rings (SSSR count). The Morgan fingerprint density at radius 1 is 1.47 bits per heavy atom. The third kappa shape index (κ3) is 3.10. The van der Waals surface area contributed by atoms with Crippen LogP contribution < -0.4 is 0 Å². The van der Waals surface area contributed by atoms with Gasteiger partial charge in [0.2, 0.25) is 0 Å². The molecule has 2 heterocycles. The number of ether oxygens (including phenoxy) is 1. The van der Waals surface area contributed by atoms with E-state index in [1.165, 1.54) is 17.8 Å². The van der Waals surface area contributed by atoms with Crippen LogP contribution in [0.5, 0.6) is 0 Å². The van der Waals surface area contributed by atoms with Crippen molar-refractivity contribution in [1.82, 2.24) is 4.98 Å². The number of hydrogen-bond acceptors (Lipinski definition) is 3. The topological polar surface area (TPSA) is 25.4 Å². The Morgan fingerprint density at radius 3 is 2.67 bits per heavy atom. The number of halogens is 3. The average molecular weight is 235 g/mol. The van der Waals surface area contributed by atoms with Crippen LogP contribution in [-0.4, -0.2) is 23.4 Å². The lowest BCUT2D eigenvalue weighted by Crippen LogP contribution is -2.05. The smallest absolute Gasteiger partial charge is 0.372 e. The van der Waals surface area contributed by atoms with E-state index >= 15 is 0 Å². The van der Waals surface area contributed by atoms with E-state index in [9.17, 15) is 13.2 Å². The van der Waals surface area contributed by atoms with Crippen molar-refractivity contribution in [2.24, 2.45) is 0 Å². The van der Waals surface area contributed by atoms with Gasteiger partial charge in [0.1, 0.15) is 0 Å². The summed E-state index contributed by atoms with van der Waals surface area (Å²) in [5.41, 5.74) is -0.713. The van der Waals surface area contributed by atoms with E-state index in [0.29, 0.717) is 5.03 Å². The lowest BCUT2D eigenvalue weighted by atomic mass is 10.3. The van der Waals surface area contributed by atoms with Crippen molar-refractivity contribution in [3.63, 3.8) is 0 Å². The van der Waals surface area contributed by atoms with Crippen LogP contribution in [0, 0.1) is 0 Å². The number of pyridine rings is 1. The Bertz CT molecular complexity index is 334. The largest absolute Gasteiger partial charge is 0.417 e. The van der Waals surface area contributed by atoms with Gasteiger partial charge >= 0.3 is 6.18 Å². The van der Waals surface area contributed by atoms with E-state index in [2.05, 4.69) is 4.98 Å².